The second-order valence-electron chi connectivity index (χ2n) is 7.77. The maximum Gasteiger partial charge on any atom is 0.233 e. The number of fused-ring (bicyclic) bond motifs is 1. The van der Waals surface area contributed by atoms with Crippen LogP contribution in [-0.2, 0) is 20.8 Å². The monoisotopic (exact) mass is 423 g/mol. The third-order valence-corrected chi connectivity index (χ3v) is 6.46. The number of aromatic nitrogens is 1. The minimum absolute atomic E-state index is 0.0744. The van der Waals surface area contributed by atoms with Crippen molar-refractivity contribution in [3.8, 4) is 11.3 Å². The van der Waals surface area contributed by atoms with Gasteiger partial charge < -0.3 is 5.32 Å². The first-order valence-corrected chi connectivity index (χ1v) is 11.3. The lowest BCUT2D eigenvalue weighted by atomic mass is 9.85. The molecule has 1 saturated heterocycles. The molecule has 1 aliphatic heterocycles. The number of hydrogen-bond acceptors (Lipinski definition) is 5. The van der Waals surface area contributed by atoms with Gasteiger partial charge in [0.2, 0.25) is 17.7 Å². The molecule has 1 fully saturated rings. The van der Waals surface area contributed by atoms with Gasteiger partial charge in [-0.2, -0.15) is 0 Å². The summed E-state index contributed by atoms with van der Waals surface area (Å²) in [6, 6.07) is 8.30. The summed E-state index contributed by atoms with van der Waals surface area (Å²) in [5, 5.41) is 5.22. The molecule has 0 spiro atoms. The highest BCUT2D eigenvalue weighted by Gasteiger charge is 2.46. The quantitative estimate of drug-likeness (QED) is 0.538. The predicted octanol–water partition coefficient (Wildman–Crippen LogP) is 4.04. The number of likely N-dealkylation sites (tertiary alicyclic amines) is 1. The Kier molecular flexibility index (Phi) is 6.08. The number of carbonyl (C=O) groups is 3. The molecular formula is C23H25N3O3S. The molecule has 1 N–H and O–H groups in total. The summed E-state index contributed by atoms with van der Waals surface area (Å²) in [6.07, 6.45) is 7.38. The van der Waals surface area contributed by atoms with E-state index in [1.54, 1.807) is 0 Å². The zero-order valence-corrected chi connectivity index (χ0v) is 17.8. The van der Waals surface area contributed by atoms with E-state index in [0.29, 0.717) is 18.0 Å². The number of nitrogens with one attached hydrogen (secondary N) is 1. The van der Waals surface area contributed by atoms with E-state index in [1.165, 1.54) is 21.8 Å². The largest absolute Gasteiger partial charge is 0.302 e. The topological polar surface area (TPSA) is 79.4 Å². The molecule has 1 aromatic carbocycles. The summed E-state index contributed by atoms with van der Waals surface area (Å²) in [5.41, 5.74) is 3.13. The zero-order valence-electron chi connectivity index (χ0n) is 17.0. The second-order valence-corrected chi connectivity index (χ2v) is 8.63. The Bertz CT molecular complexity index is 954. The number of anilines is 1. The standard InChI is InChI=1S/C23H25N3O3S/c1-2-5-15-8-10-16(11-9-15)19-14-30-23(24-19)25-20(27)12-13-26-21(28)17-6-3-4-7-18(17)22(26)29/h3-4,8-11,14,17-18H,2,5-7,12-13H2,1H3,(H,24,25,27)/t17-,18+. The number of imide groups is 1. The van der Waals surface area contributed by atoms with Gasteiger partial charge >= 0.3 is 0 Å². The minimum Gasteiger partial charge on any atom is -0.302 e. The molecule has 6 nitrogen and oxygen atoms in total. The highest BCUT2D eigenvalue weighted by molar-refractivity contribution is 7.14. The molecule has 2 aromatic rings. The molecule has 0 bridgehead atoms. The van der Waals surface area contributed by atoms with Gasteiger partial charge in [0, 0.05) is 23.9 Å². The Labute approximate surface area is 180 Å². The van der Waals surface area contributed by atoms with Crippen LogP contribution in [-0.4, -0.2) is 34.2 Å². The summed E-state index contributed by atoms with van der Waals surface area (Å²) in [4.78, 5) is 43.1. The third-order valence-electron chi connectivity index (χ3n) is 5.70. The SMILES string of the molecule is CCCc1ccc(-c2csc(NC(=O)CCN3C(=O)[C@H]4CC=CC[C@H]4C3=O)n2)cc1. The molecule has 0 unspecified atom stereocenters. The highest BCUT2D eigenvalue weighted by atomic mass is 32.1. The van der Waals surface area contributed by atoms with Crippen LogP contribution >= 0.6 is 11.3 Å². The maximum atomic E-state index is 12.5. The molecule has 2 atom stereocenters. The average Bonchev–Trinajstić information content (AvgIpc) is 3.31. The predicted molar refractivity (Wildman–Crippen MR) is 117 cm³/mol. The van der Waals surface area contributed by atoms with Crippen LogP contribution in [0.2, 0.25) is 0 Å². The van der Waals surface area contributed by atoms with Crippen molar-refractivity contribution in [3.05, 3.63) is 47.4 Å². The van der Waals surface area contributed by atoms with Crippen molar-refractivity contribution in [3.63, 3.8) is 0 Å². The lowest BCUT2D eigenvalue weighted by Crippen LogP contribution is -2.34. The zero-order chi connectivity index (χ0) is 21.1. The molecule has 4 rings (SSSR count). The summed E-state index contributed by atoms with van der Waals surface area (Å²) < 4.78 is 0. The van der Waals surface area contributed by atoms with Gasteiger partial charge in [0.15, 0.2) is 5.13 Å². The molecule has 2 heterocycles. The lowest BCUT2D eigenvalue weighted by Gasteiger charge is -2.14. The number of allylic oxidation sites excluding steroid dienone is 2. The molecule has 1 aliphatic carbocycles. The number of nitrogens with zero attached hydrogens (tertiary/aromatic N) is 2. The first-order chi connectivity index (χ1) is 14.6. The number of rotatable bonds is 7. The van der Waals surface area contributed by atoms with E-state index >= 15 is 0 Å². The van der Waals surface area contributed by atoms with Crippen LogP contribution in [0.15, 0.2) is 41.8 Å². The molecule has 2 aliphatic rings. The first kappa shape index (κ1) is 20.5. The van der Waals surface area contributed by atoms with Gasteiger partial charge in [0.1, 0.15) is 0 Å². The van der Waals surface area contributed by atoms with Gasteiger partial charge in [-0.1, -0.05) is 49.8 Å². The molecular weight excluding hydrogens is 398 g/mol. The van der Waals surface area contributed by atoms with Crippen molar-refractivity contribution in [2.75, 3.05) is 11.9 Å². The summed E-state index contributed by atoms with van der Waals surface area (Å²) in [5.74, 6) is -1.05. The fraction of sp³-hybridized carbons (Fsp3) is 0.391. The van der Waals surface area contributed by atoms with Gasteiger partial charge in [-0.25, -0.2) is 4.98 Å². The number of benzene rings is 1. The molecule has 7 heteroatoms. The van der Waals surface area contributed by atoms with Crippen molar-refractivity contribution in [2.24, 2.45) is 11.8 Å². The molecule has 0 saturated carbocycles. The number of hydrogen-bond donors (Lipinski definition) is 1. The van der Waals surface area contributed by atoms with Gasteiger partial charge in [0.25, 0.3) is 0 Å². The van der Waals surface area contributed by atoms with Crippen molar-refractivity contribution < 1.29 is 14.4 Å². The van der Waals surface area contributed by atoms with Crippen LogP contribution in [0.4, 0.5) is 5.13 Å². The van der Waals surface area contributed by atoms with Crippen LogP contribution < -0.4 is 5.32 Å². The number of amides is 3. The highest BCUT2D eigenvalue weighted by Crippen LogP contribution is 2.35. The average molecular weight is 424 g/mol. The third kappa shape index (κ3) is 4.21. The van der Waals surface area contributed by atoms with E-state index in [2.05, 4.69) is 29.4 Å². The van der Waals surface area contributed by atoms with E-state index in [9.17, 15) is 14.4 Å². The summed E-state index contributed by atoms with van der Waals surface area (Å²) in [7, 11) is 0. The van der Waals surface area contributed by atoms with Crippen LogP contribution in [0.3, 0.4) is 0 Å². The molecule has 156 valence electrons. The Morgan fingerprint density at radius 2 is 1.80 bits per heavy atom. The summed E-state index contributed by atoms with van der Waals surface area (Å²) in [6.45, 7) is 2.27. The van der Waals surface area contributed by atoms with Crippen molar-refractivity contribution in [1.29, 1.82) is 0 Å². The number of carbonyl (C=O) groups excluding carboxylic acids is 3. The number of aryl methyl sites for hydroxylation is 1. The number of thiazole rings is 1. The van der Waals surface area contributed by atoms with Crippen LogP contribution in [0.1, 0.15) is 38.2 Å². The molecule has 30 heavy (non-hydrogen) atoms. The van der Waals surface area contributed by atoms with Crippen molar-refractivity contribution in [2.45, 2.75) is 39.0 Å². The molecule has 1 aromatic heterocycles. The van der Waals surface area contributed by atoms with Gasteiger partial charge in [-0.15, -0.1) is 11.3 Å². The van der Waals surface area contributed by atoms with Crippen LogP contribution in [0.5, 0.6) is 0 Å². The normalized spacial score (nSPS) is 20.5. The maximum absolute atomic E-state index is 12.5. The Hall–Kier alpha value is -2.80. The van der Waals surface area contributed by atoms with E-state index in [4.69, 9.17) is 0 Å². The van der Waals surface area contributed by atoms with Crippen LogP contribution in [0, 0.1) is 11.8 Å². The Balaban J connectivity index is 1.32. The van der Waals surface area contributed by atoms with Crippen molar-refractivity contribution in [1.82, 2.24) is 9.88 Å². The van der Waals surface area contributed by atoms with E-state index in [0.717, 1.165) is 24.1 Å². The molecule has 0 radical (unpaired) electrons. The summed E-state index contributed by atoms with van der Waals surface area (Å²) >= 11 is 1.36. The first-order valence-electron chi connectivity index (χ1n) is 10.4. The van der Waals surface area contributed by atoms with Crippen molar-refractivity contribution >= 4 is 34.2 Å². The van der Waals surface area contributed by atoms with E-state index in [-0.39, 0.29) is 42.5 Å². The van der Waals surface area contributed by atoms with Gasteiger partial charge in [-0.05, 0) is 24.8 Å². The van der Waals surface area contributed by atoms with E-state index in [1.807, 2.05) is 29.7 Å². The van der Waals surface area contributed by atoms with Gasteiger partial charge in [0.05, 0.1) is 17.5 Å². The second kappa shape index (κ2) is 8.92. The fourth-order valence-corrected chi connectivity index (χ4v) is 4.81. The smallest absolute Gasteiger partial charge is 0.233 e. The van der Waals surface area contributed by atoms with E-state index < -0.39 is 0 Å². The fourth-order valence-electron chi connectivity index (χ4n) is 4.08. The minimum atomic E-state index is -0.254. The van der Waals surface area contributed by atoms with Gasteiger partial charge in [-0.3, -0.25) is 19.3 Å². The van der Waals surface area contributed by atoms with Crippen LogP contribution in [0.25, 0.3) is 11.3 Å². The Morgan fingerprint density at radius 1 is 1.13 bits per heavy atom. The Morgan fingerprint density at radius 3 is 2.43 bits per heavy atom. The molecule has 3 amide bonds. The lowest BCUT2D eigenvalue weighted by molar-refractivity contribution is -0.140.